The van der Waals surface area contributed by atoms with Crippen LogP contribution >= 0.6 is 0 Å². The molecule has 3 atom stereocenters. The zero-order valence-corrected chi connectivity index (χ0v) is 10.6. The van der Waals surface area contributed by atoms with Crippen molar-refractivity contribution in [2.24, 2.45) is 11.8 Å². The molecule has 0 radical (unpaired) electrons. The third-order valence-electron chi connectivity index (χ3n) is 4.76. The van der Waals surface area contributed by atoms with E-state index < -0.39 is 0 Å². The molecule has 1 amide bonds. The summed E-state index contributed by atoms with van der Waals surface area (Å²) in [5, 5.41) is 3.46. The number of fused-ring (bicyclic) bond motifs is 1. The van der Waals surface area contributed by atoms with E-state index in [9.17, 15) is 4.79 Å². The Morgan fingerprint density at radius 2 is 2.35 bits per heavy atom. The summed E-state index contributed by atoms with van der Waals surface area (Å²) in [6.45, 7) is 4.95. The van der Waals surface area contributed by atoms with Crippen LogP contribution in [0.5, 0.6) is 0 Å². The molecule has 1 aliphatic carbocycles. The Morgan fingerprint density at radius 3 is 3.12 bits per heavy atom. The average Bonchev–Trinajstić information content (AvgIpc) is 2.90. The molecule has 3 aliphatic rings. The van der Waals surface area contributed by atoms with Crippen LogP contribution in [0.25, 0.3) is 0 Å². The summed E-state index contributed by atoms with van der Waals surface area (Å²) in [6, 6.07) is 0.120. The molecule has 1 saturated carbocycles. The van der Waals surface area contributed by atoms with E-state index in [1.54, 1.807) is 0 Å². The number of carbonyl (C=O) groups is 1. The summed E-state index contributed by atoms with van der Waals surface area (Å²) >= 11 is 0. The molecule has 17 heavy (non-hydrogen) atoms. The van der Waals surface area contributed by atoms with Gasteiger partial charge in [0.1, 0.15) is 0 Å². The molecule has 0 aromatic rings. The van der Waals surface area contributed by atoms with Gasteiger partial charge in [-0.05, 0) is 44.6 Å². The fourth-order valence-corrected chi connectivity index (χ4v) is 3.63. The second-order valence-corrected chi connectivity index (χ2v) is 5.83. The third kappa shape index (κ3) is 2.01. The second-order valence-electron chi connectivity index (χ2n) is 5.83. The Labute approximate surface area is 103 Å². The maximum absolute atomic E-state index is 12.5. The van der Waals surface area contributed by atoms with E-state index in [0.29, 0.717) is 11.8 Å². The average molecular weight is 234 g/mol. The lowest BCUT2D eigenvalue weighted by atomic mass is 9.93. The summed E-state index contributed by atoms with van der Waals surface area (Å²) in [6.07, 6.45) is 7.13. The van der Waals surface area contributed by atoms with Crippen molar-refractivity contribution >= 4 is 5.91 Å². The van der Waals surface area contributed by atoms with Crippen LogP contribution in [0.2, 0.25) is 0 Å². The summed E-state index contributed by atoms with van der Waals surface area (Å²) in [7, 11) is 0. The van der Waals surface area contributed by atoms with Crippen LogP contribution in [0.4, 0.5) is 0 Å². The molecule has 0 bridgehead atoms. The molecule has 1 saturated heterocycles. The van der Waals surface area contributed by atoms with E-state index in [1.165, 1.54) is 24.8 Å². The first kappa shape index (κ1) is 11.3. The zero-order chi connectivity index (χ0) is 11.8. The van der Waals surface area contributed by atoms with E-state index in [-0.39, 0.29) is 6.04 Å². The fourth-order valence-electron chi connectivity index (χ4n) is 3.63. The first-order chi connectivity index (χ1) is 8.25. The highest BCUT2D eigenvalue weighted by Gasteiger charge is 2.43. The largest absolute Gasteiger partial charge is 0.337 e. The lowest BCUT2D eigenvalue weighted by molar-refractivity contribution is -0.133. The van der Waals surface area contributed by atoms with Crippen molar-refractivity contribution in [1.82, 2.24) is 10.2 Å². The van der Waals surface area contributed by atoms with E-state index in [0.717, 1.165) is 32.0 Å². The summed E-state index contributed by atoms with van der Waals surface area (Å²) in [4.78, 5) is 14.5. The first-order valence-corrected chi connectivity index (χ1v) is 6.93. The highest BCUT2D eigenvalue weighted by atomic mass is 16.2. The molecule has 3 nitrogen and oxygen atoms in total. The van der Waals surface area contributed by atoms with Crippen LogP contribution in [0.3, 0.4) is 0 Å². The number of rotatable bonds is 1. The van der Waals surface area contributed by atoms with Crippen molar-refractivity contribution in [2.75, 3.05) is 19.6 Å². The summed E-state index contributed by atoms with van der Waals surface area (Å²) in [5.41, 5.74) is 1.42. The fraction of sp³-hybridized carbons (Fsp3) is 0.786. The Balaban J connectivity index is 1.66. The van der Waals surface area contributed by atoms with Crippen LogP contribution in [-0.4, -0.2) is 36.5 Å². The maximum Gasteiger partial charge on any atom is 0.240 e. The van der Waals surface area contributed by atoms with Crippen LogP contribution in [0.1, 0.15) is 32.6 Å². The Morgan fingerprint density at radius 1 is 1.47 bits per heavy atom. The SMILES string of the molecule is CC1=CCN(C(=O)C2NCC3CCCC32)CC1. The van der Waals surface area contributed by atoms with E-state index in [1.807, 2.05) is 4.90 Å². The molecule has 3 heteroatoms. The molecule has 0 spiro atoms. The van der Waals surface area contributed by atoms with Gasteiger partial charge < -0.3 is 10.2 Å². The smallest absolute Gasteiger partial charge is 0.240 e. The monoisotopic (exact) mass is 234 g/mol. The molecular weight excluding hydrogens is 212 g/mol. The molecule has 2 heterocycles. The van der Waals surface area contributed by atoms with Gasteiger partial charge >= 0.3 is 0 Å². The van der Waals surface area contributed by atoms with E-state index in [2.05, 4.69) is 18.3 Å². The quantitative estimate of drug-likeness (QED) is 0.698. The molecule has 3 unspecified atom stereocenters. The van der Waals surface area contributed by atoms with E-state index in [4.69, 9.17) is 0 Å². The van der Waals surface area contributed by atoms with Gasteiger partial charge in [-0.2, -0.15) is 0 Å². The highest BCUT2D eigenvalue weighted by molar-refractivity contribution is 5.83. The van der Waals surface area contributed by atoms with Crippen LogP contribution in [0, 0.1) is 11.8 Å². The van der Waals surface area contributed by atoms with Crippen LogP contribution in [0.15, 0.2) is 11.6 Å². The maximum atomic E-state index is 12.5. The van der Waals surface area contributed by atoms with Gasteiger partial charge in [-0.1, -0.05) is 18.1 Å². The third-order valence-corrected chi connectivity index (χ3v) is 4.76. The summed E-state index contributed by atoms with van der Waals surface area (Å²) in [5.74, 6) is 1.74. The lowest BCUT2D eigenvalue weighted by Gasteiger charge is -2.30. The minimum Gasteiger partial charge on any atom is -0.337 e. The molecule has 3 rings (SSSR count). The number of carbonyl (C=O) groups excluding carboxylic acids is 1. The number of hydrogen-bond donors (Lipinski definition) is 1. The minimum absolute atomic E-state index is 0.120. The van der Waals surface area contributed by atoms with Crippen molar-refractivity contribution in [3.05, 3.63) is 11.6 Å². The molecule has 2 aliphatic heterocycles. The normalized spacial score (nSPS) is 36.9. The first-order valence-electron chi connectivity index (χ1n) is 6.93. The van der Waals surface area contributed by atoms with Gasteiger partial charge in [0, 0.05) is 13.1 Å². The van der Waals surface area contributed by atoms with Crippen LogP contribution < -0.4 is 5.32 Å². The number of nitrogens with zero attached hydrogens (tertiary/aromatic N) is 1. The molecule has 94 valence electrons. The van der Waals surface area contributed by atoms with Crippen LogP contribution in [-0.2, 0) is 4.79 Å². The van der Waals surface area contributed by atoms with E-state index >= 15 is 0 Å². The van der Waals surface area contributed by atoms with Gasteiger partial charge in [-0.25, -0.2) is 0 Å². The topological polar surface area (TPSA) is 32.3 Å². The number of hydrogen-bond acceptors (Lipinski definition) is 2. The molecule has 1 N–H and O–H groups in total. The lowest BCUT2D eigenvalue weighted by Crippen LogP contribution is -2.47. The van der Waals surface area contributed by atoms with Gasteiger partial charge in [0.25, 0.3) is 0 Å². The van der Waals surface area contributed by atoms with Crippen molar-refractivity contribution in [2.45, 2.75) is 38.6 Å². The second kappa shape index (κ2) is 4.45. The highest BCUT2D eigenvalue weighted by Crippen LogP contribution is 2.38. The Bertz CT molecular complexity index is 350. The molecular formula is C14H22N2O. The van der Waals surface area contributed by atoms with Crippen molar-refractivity contribution in [3.63, 3.8) is 0 Å². The molecule has 2 fully saturated rings. The predicted octanol–water partition coefficient (Wildman–Crippen LogP) is 1.55. The van der Waals surface area contributed by atoms with Gasteiger partial charge in [0.15, 0.2) is 0 Å². The van der Waals surface area contributed by atoms with Gasteiger partial charge in [-0.3, -0.25) is 4.79 Å². The molecule has 0 aromatic carbocycles. The van der Waals surface area contributed by atoms with Gasteiger partial charge in [-0.15, -0.1) is 0 Å². The van der Waals surface area contributed by atoms with Crippen molar-refractivity contribution in [3.8, 4) is 0 Å². The Hall–Kier alpha value is -0.830. The van der Waals surface area contributed by atoms with Gasteiger partial charge in [0.2, 0.25) is 5.91 Å². The minimum atomic E-state index is 0.120. The molecule has 0 aromatic heterocycles. The Kier molecular flexibility index (Phi) is 2.95. The van der Waals surface area contributed by atoms with Crippen molar-refractivity contribution < 1.29 is 4.79 Å². The summed E-state index contributed by atoms with van der Waals surface area (Å²) < 4.78 is 0. The zero-order valence-electron chi connectivity index (χ0n) is 10.6. The van der Waals surface area contributed by atoms with Crippen molar-refractivity contribution in [1.29, 1.82) is 0 Å². The van der Waals surface area contributed by atoms with Gasteiger partial charge in [0.05, 0.1) is 6.04 Å². The predicted molar refractivity (Wildman–Crippen MR) is 67.6 cm³/mol. The standard InChI is InChI=1S/C14H22N2O/c1-10-5-7-16(8-6-10)14(17)13-12-4-2-3-11(12)9-15-13/h5,11-13,15H,2-4,6-9H2,1H3. The number of amides is 1. The number of nitrogens with one attached hydrogen (secondary N) is 1.